The first-order chi connectivity index (χ1) is 9.22. The molecule has 19 heavy (non-hydrogen) atoms. The molecular formula is C10H16N8O. The van der Waals surface area contributed by atoms with E-state index < -0.39 is 0 Å². The summed E-state index contributed by atoms with van der Waals surface area (Å²) >= 11 is 0. The van der Waals surface area contributed by atoms with E-state index in [4.69, 9.17) is 10.5 Å². The van der Waals surface area contributed by atoms with E-state index in [1.807, 2.05) is 6.92 Å². The highest BCUT2D eigenvalue weighted by molar-refractivity contribution is 5.35. The Hall–Kier alpha value is -2.29. The van der Waals surface area contributed by atoms with Crippen LogP contribution < -0.4 is 11.1 Å². The number of hydrogen-bond donors (Lipinski definition) is 2. The predicted molar refractivity (Wildman–Crippen MR) is 68.7 cm³/mol. The molecule has 3 N–H and O–H groups in total. The largest absolute Gasteiger partial charge is 0.383 e. The number of aromatic nitrogens is 6. The van der Waals surface area contributed by atoms with Gasteiger partial charge in [0.1, 0.15) is 12.7 Å². The number of nitrogens with one attached hydrogen (secondary N) is 1. The number of rotatable bonds is 6. The fourth-order valence-electron chi connectivity index (χ4n) is 1.50. The van der Waals surface area contributed by atoms with E-state index in [1.54, 1.807) is 7.11 Å². The molecule has 102 valence electrons. The summed E-state index contributed by atoms with van der Waals surface area (Å²) in [5, 5.41) is 7.09. The lowest BCUT2D eigenvalue weighted by Gasteiger charge is -2.16. The molecule has 1 atom stereocenters. The predicted octanol–water partition coefficient (Wildman–Crippen LogP) is -0.129. The average Bonchev–Trinajstić information content (AvgIpc) is 2.91. The molecule has 9 heteroatoms. The van der Waals surface area contributed by atoms with Gasteiger partial charge in [-0.25, -0.2) is 4.98 Å². The minimum absolute atomic E-state index is 0.107. The fourth-order valence-corrected chi connectivity index (χ4v) is 1.50. The van der Waals surface area contributed by atoms with Crippen LogP contribution in [0.25, 0.3) is 5.95 Å². The number of hydrogen-bond acceptors (Lipinski definition) is 8. The van der Waals surface area contributed by atoms with Crippen LogP contribution in [0.1, 0.15) is 13.3 Å². The van der Waals surface area contributed by atoms with Gasteiger partial charge in [0.2, 0.25) is 11.9 Å². The molecule has 2 rings (SSSR count). The topological polar surface area (TPSA) is 117 Å². The van der Waals surface area contributed by atoms with E-state index in [2.05, 4.69) is 30.4 Å². The van der Waals surface area contributed by atoms with Crippen LogP contribution in [-0.2, 0) is 4.74 Å². The number of nitrogens with two attached hydrogens (primary N) is 1. The summed E-state index contributed by atoms with van der Waals surface area (Å²) in [6.07, 6.45) is 3.76. The van der Waals surface area contributed by atoms with Gasteiger partial charge in [0, 0.05) is 7.11 Å². The van der Waals surface area contributed by atoms with Gasteiger partial charge in [-0.05, 0) is 6.42 Å². The number of methoxy groups -OCH3 is 1. The maximum atomic E-state index is 5.66. The van der Waals surface area contributed by atoms with Crippen LogP contribution in [0.4, 0.5) is 11.9 Å². The summed E-state index contributed by atoms with van der Waals surface area (Å²) in [5.74, 6) is 0.830. The van der Waals surface area contributed by atoms with Gasteiger partial charge in [-0.3, -0.25) is 0 Å². The molecule has 0 aliphatic heterocycles. The molecule has 2 aromatic heterocycles. The highest BCUT2D eigenvalue weighted by Gasteiger charge is 2.11. The fraction of sp³-hybridized carbons (Fsp3) is 0.500. The number of nitrogens with zero attached hydrogens (tertiary/aromatic N) is 6. The Morgan fingerprint density at radius 1 is 1.42 bits per heavy atom. The smallest absolute Gasteiger partial charge is 0.258 e. The molecule has 0 bridgehead atoms. The Morgan fingerprint density at radius 3 is 2.89 bits per heavy atom. The molecule has 0 radical (unpaired) electrons. The van der Waals surface area contributed by atoms with Gasteiger partial charge in [-0.1, -0.05) is 6.92 Å². The second-order valence-corrected chi connectivity index (χ2v) is 3.86. The highest BCUT2D eigenvalue weighted by Crippen LogP contribution is 2.08. The number of nitrogen functional groups attached to an aromatic ring is 1. The standard InChI is InChI=1S/C10H16N8O/c1-3-7(4-19-2)14-9-15-8(11)16-10(17-9)18-6-12-5-13-18/h5-7H,3-4H2,1-2H3,(H3,11,14,15,16,17). The molecule has 1 unspecified atom stereocenters. The van der Waals surface area contributed by atoms with Gasteiger partial charge in [0.15, 0.2) is 0 Å². The van der Waals surface area contributed by atoms with Crippen molar-refractivity contribution in [3.8, 4) is 5.95 Å². The molecule has 2 heterocycles. The summed E-state index contributed by atoms with van der Waals surface area (Å²) in [6.45, 7) is 2.60. The summed E-state index contributed by atoms with van der Waals surface area (Å²) in [4.78, 5) is 16.1. The first-order valence-electron chi connectivity index (χ1n) is 5.85. The van der Waals surface area contributed by atoms with E-state index in [0.29, 0.717) is 18.5 Å². The van der Waals surface area contributed by atoms with Gasteiger partial charge in [-0.15, -0.1) is 0 Å². The second-order valence-electron chi connectivity index (χ2n) is 3.86. The van der Waals surface area contributed by atoms with E-state index >= 15 is 0 Å². The Kier molecular flexibility index (Phi) is 4.18. The van der Waals surface area contributed by atoms with Crippen molar-refractivity contribution in [3.63, 3.8) is 0 Å². The molecular weight excluding hydrogens is 248 g/mol. The van der Waals surface area contributed by atoms with Crippen molar-refractivity contribution in [2.75, 3.05) is 24.8 Å². The van der Waals surface area contributed by atoms with Gasteiger partial charge < -0.3 is 15.8 Å². The summed E-state index contributed by atoms with van der Waals surface area (Å²) < 4.78 is 6.52. The van der Waals surface area contributed by atoms with Crippen molar-refractivity contribution >= 4 is 11.9 Å². The molecule has 0 aromatic carbocycles. The van der Waals surface area contributed by atoms with Crippen molar-refractivity contribution in [1.29, 1.82) is 0 Å². The molecule has 0 spiro atoms. The van der Waals surface area contributed by atoms with Gasteiger partial charge >= 0.3 is 0 Å². The Labute approximate surface area is 110 Å². The lowest BCUT2D eigenvalue weighted by Crippen LogP contribution is -2.26. The average molecular weight is 264 g/mol. The third-order valence-corrected chi connectivity index (χ3v) is 2.46. The van der Waals surface area contributed by atoms with Crippen LogP contribution in [0.2, 0.25) is 0 Å². The third-order valence-electron chi connectivity index (χ3n) is 2.46. The van der Waals surface area contributed by atoms with Crippen molar-refractivity contribution in [2.24, 2.45) is 0 Å². The zero-order valence-corrected chi connectivity index (χ0v) is 10.8. The minimum atomic E-state index is 0.107. The van der Waals surface area contributed by atoms with E-state index in [1.165, 1.54) is 17.3 Å². The van der Waals surface area contributed by atoms with Crippen LogP contribution >= 0.6 is 0 Å². The van der Waals surface area contributed by atoms with Gasteiger partial charge in [0.25, 0.3) is 5.95 Å². The summed E-state index contributed by atoms with van der Waals surface area (Å²) in [7, 11) is 1.65. The van der Waals surface area contributed by atoms with Crippen molar-refractivity contribution in [2.45, 2.75) is 19.4 Å². The van der Waals surface area contributed by atoms with Crippen LogP contribution in [-0.4, -0.2) is 49.5 Å². The van der Waals surface area contributed by atoms with E-state index in [9.17, 15) is 0 Å². The summed E-state index contributed by atoms with van der Waals surface area (Å²) in [6, 6.07) is 0.107. The van der Waals surface area contributed by atoms with Crippen LogP contribution in [0, 0.1) is 0 Å². The maximum Gasteiger partial charge on any atom is 0.258 e. The second kappa shape index (κ2) is 6.05. The molecule has 0 saturated carbocycles. The van der Waals surface area contributed by atoms with Crippen molar-refractivity contribution in [3.05, 3.63) is 12.7 Å². The molecule has 0 fully saturated rings. The van der Waals surface area contributed by atoms with Gasteiger partial charge in [-0.2, -0.15) is 24.7 Å². The first kappa shape index (κ1) is 13.1. The van der Waals surface area contributed by atoms with Crippen LogP contribution in [0.3, 0.4) is 0 Å². The maximum absolute atomic E-state index is 5.66. The molecule has 9 nitrogen and oxygen atoms in total. The van der Waals surface area contributed by atoms with Crippen molar-refractivity contribution in [1.82, 2.24) is 29.7 Å². The lowest BCUT2D eigenvalue weighted by atomic mass is 10.2. The summed E-state index contributed by atoms with van der Waals surface area (Å²) in [5.41, 5.74) is 5.66. The monoisotopic (exact) mass is 264 g/mol. The number of ether oxygens (including phenoxy) is 1. The zero-order valence-electron chi connectivity index (χ0n) is 10.8. The molecule has 0 aliphatic carbocycles. The SMILES string of the molecule is CCC(COC)Nc1nc(N)nc(-n2cncn2)n1. The zero-order chi connectivity index (χ0) is 13.7. The van der Waals surface area contributed by atoms with Crippen LogP contribution in [0.5, 0.6) is 0 Å². The quantitative estimate of drug-likeness (QED) is 0.741. The molecule has 2 aromatic rings. The minimum Gasteiger partial charge on any atom is -0.383 e. The molecule has 0 saturated heterocycles. The first-order valence-corrected chi connectivity index (χ1v) is 5.85. The van der Waals surface area contributed by atoms with E-state index in [-0.39, 0.29) is 12.0 Å². The van der Waals surface area contributed by atoms with Crippen LogP contribution in [0.15, 0.2) is 12.7 Å². The van der Waals surface area contributed by atoms with Crippen molar-refractivity contribution < 1.29 is 4.74 Å². The van der Waals surface area contributed by atoms with Gasteiger partial charge in [0.05, 0.1) is 12.6 Å². The van der Waals surface area contributed by atoms with E-state index in [0.717, 1.165) is 6.42 Å². The number of anilines is 2. The lowest BCUT2D eigenvalue weighted by molar-refractivity contribution is 0.184. The Bertz CT molecular complexity index is 514. The Balaban J connectivity index is 2.21. The highest BCUT2D eigenvalue weighted by atomic mass is 16.5. The molecule has 0 aliphatic rings. The Morgan fingerprint density at radius 2 is 2.26 bits per heavy atom. The third kappa shape index (κ3) is 3.35. The molecule has 0 amide bonds. The normalized spacial score (nSPS) is 12.3.